The van der Waals surface area contributed by atoms with Crippen LogP contribution in [0, 0.1) is 0 Å². The first kappa shape index (κ1) is 8.19. The van der Waals surface area contributed by atoms with E-state index in [-0.39, 0.29) is 5.56 Å². The molecule has 0 saturated heterocycles. The van der Waals surface area contributed by atoms with Gasteiger partial charge in [0.2, 0.25) is 5.75 Å². The van der Waals surface area contributed by atoms with Crippen LogP contribution >= 0.6 is 0 Å². The van der Waals surface area contributed by atoms with Crippen molar-refractivity contribution in [1.29, 1.82) is 0 Å². The normalized spacial score (nSPS) is 10.7. The lowest BCUT2D eigenvalue weighted by Crippen LogP contribution is -1.82. The van der Waals surface area contributed by atoms with E-state index in [9.17, 15) is 0 Å². The lowest BCUT2D eigenvalue weighted by atomic mass is 10.2. The Morgan fingerprint density at radius 1 is 1.08 bits per heavy atom. The van der Waals surface area contributed by atoms with Gasteiger partial charge in [-0.15, -0.1) is 0 Å². The molecule has 0 radical (unpaired) electrons. The number of nitrogens with zero attached hydrogens (tertiary/aromatic N) is 1. The van der Waals surface area contributed by atoms with Gasteiger partial charge in [0.1, 0.15) is 0 Å². The van der Waals surface area contributed by atoms with Crippen LogP contribution in [-0.2, 0) is 0 Å². The Labute approximate surface area is 67.8 Å². The molecule has 1 aromatic rings. The molecule has 0 fully saturated rings. The Morgan fingerprint density at radius 2 is 1.75 bits per heavy atom. The number of rotatable bonds is 1. The molecule has 0 aromatic heterocycles. The second-order valence-corrected chi connectivity index (χ2v) is 2.12. The van der Waals surface area contributed by atoms with E-state index in [4.69, 9.17) is 20.5 Å². The quantitative estimate of drug-likeness (QED) is 0.214. The molecule has 0 aliphatic rings. The molecular formula is C7H7NO4. The van der Waals surface area contributed by atoms with Crippen LogP contribution in [0.15, 0.2) is 17.3 Å². The number of phenolic OH excluding ortho intramolecular Hbond substituents is 3. The summed E-state index contributed by atoms with van der Waals surface area (Å²) in [6.45, 7) is 0. The second-order valence-electron chi connectivity index (χ2n) is 2.12. The van der Waals surface area contributed by atoms with E-state index in [0.717, 1.165) is 6.21 Å². The van der Waals surface area contributed by atoms with Gasteiger partial charge in [-0.25, -0.2) is 0 Å². The Kier molecular flexibility index (Phi) is 2.05. The number of benzene rings is 1. The summed E-state index contributed by atoms with van der Waals surface area (Å²) in [6.07, 6.45) is 0.939. The van der Waals surface area contributed by atoms with Crippen LogP contribution in [0.4, 0.5) is 0 Å². The van der Waals surface area contributed by atoms with Gasteiger partial charge in [0.15, 0.2) is 11.5 Å². The van der Waals surface area contributed by atoms with Crippen LogP contribution in [0.5, 0.6) is 17.2 Å². The maximum Gasteiger partial charge on any atom is 0.200 e. The summed E-state index contributed by atoms with van der Waals surface area (Å²) < 4.78 is 0. The fourth-order valence-corrected chi connectivity index (χ4v) is 0.751. The van der Waals surface area contributed by atoms with Gasteiger partial charge < -0.3 is 20.5 Å². The van der Waals surface area contributed by atoms with Crippen molar-refractivity contribution in [1.82, 2.24) is 0 Å². The molecule has 5 heteroatoms. The molecular weight excluding hydrogens is 162 g/mol. The van der Waals surface area contributed by atoms with Crippen LogP contribution < -0.4 is 0 Å². The van der Waals surface area contributed by atoms with E-state index in [1.54, 1.807) is 0 Å². The van der Waals surface area contributed by atoms with Crippen molar-refractivity contribution in [2.24, 2.45) is 5.16 Å². The van der Waals surface area contributed by atoms with Gasteiger partial charge in [-0.2, -0.15) is 0 Å². The molecule has 1 rings (SSSR count). The Hall–Kier alpha value is -1.91. The third-order valence-electron chi connectivity index (χ3n) is 1.36. The average Bonchev–Trinajstić information content (AvgIpc) is 2.07. The smallest absolute Gasteiger partial charge is 0.200 e. The highest BCUT2D eigenvalue weighted by Gasteiger charge is 2.08. The molecule has 4 N–H and O–H groups in total. The molecule has 0 bridgehead atoms. The number of aromatic hydroxyl groups is 3. The van der Waals surface area contributed by atoms with Gasteiger partial charge in [-0.3, -0.25) is 0 Å². The third-order valence-corrected chi connectivity index (χ3v) is 1.36. The van der Waals surface area contributed by atoms with Gasteiger partial charge in [-0.05, 0) is 12.1 Å². The summed E-state index contributed by atoms with van der Waals surface area (Å²) in [5, 5.41) is 37.7. The molecule has 0 saturated carbocycles. The van der Waals surface area contributed by atoms with Gasteiger partial charge in [0, 0.05) is 5.56 Å². The lowest BCUT2D eigenvalue weighted by molar-refractivity contribution is 0.321. The average molecular weight is 169 g/mol. The highest BCUT2D eigenvalue weighted by atomic mass is 16.4. The topological polar surface area (TPSA) is 93.3 Å². The zero-order chi connectivity index (χ0) is 9.14. The van der Waals surface area contributed by atoms with Crippen molar-refractivity contribution >= 4 is 6.21 Å². The fraction of sp³-hybridized carbons (Fsp3) is 0. The Balaban J connectivity index is 3.26. The number of hydrogen-bond donors (Lipinski definition) is 4. The fourth-order valence-electron chi connectivity index (χ4n) is 0.751. The molecule has 12 heavy (non-hydrogen) atoms. The molecule has 0 aliphatic carbocycles. The van der Waals surface area contributed by atoms with Crippen molar-refractivity contribution < 1.29 is 20.5 Å². The maximum atomic E-state index is 9.10. The third kappa shape index (κ3) is 1.24. The second kappa shape index (κ2) is 3.00. The van der Waals surface area contributed by atoms with Crippen molar-refractivity contribution in [3.8, 4) is 17.2 Å². The molecule has 0 heterocycles. The SMILES string of the molecule is O/N=C\c1ccc(O)c(O)c1O. The molecule has 1 aromatic carbocycles. The zero-order valence-electron chi connectivity index (χ0n) is 5.97. The number of phenols is 3. The first-order valence-corrected chi connectivity index (χ1v) is 3.08. The minimum Gasteiger partial charge on any atom is -0.504 e. The van der Waals surface area contributed by atoms with Gasteiger partial charge in [0.25, 0.3) is 0 Å². The molecule has 0 aliphatic heterocycles. The van der Waals surface area contributed by atoms with E-state index in [2.05, 4.69) is 5.16 Å². The first-order valence-electron chi connectivity index (χ1n) is 3.08. The Bertz CT molecular complexity index is 321. The summed E-state index contributed by atoms with van der Waals surface area (Å²) in [5.74, 6) is -1.58. The minimum atomic E-state index is -0.632. The van der Waals surface area contributed by atoms with Crippen LogP contribution in [0.2, 0.25) is 0 Å². The summed E-state index contributed by atoms with van der Waals surface area (Å²) in [6, 6.07) is 2.47. The largest absolute Gasteiger partial charge is 0.504 e. The van der Waals surface area contributed by atoms with Crippen LogP contribution in [-0.4, -0.2) is 26.7 Å². The zero-order valence-corrected chi connectivity index (χ0v) is 5.97. The highest BCUT2D eigenvalue weighted by Crippen LogP contribution is 2.35. The van der Waals surface area contributed by atoms with E-state index < -0.39 is 17.2 Å². The molecule has 0 amide bonds. The highest BCUT2D eigenvalue weighted by molar-refractivity contribution is 5.85. The Morgan fingerprint density at radius 3 is 2.33 bits per heavy atom. The number of oxime groups is 1. The predicted octanol–water partition coefficient (Wildman–Crippen LogP) is 0.611. The number of hydrogen-bond acceptors (Lipinski definition) is 5. The van der Waals surface area contributed by atoms with Crippen LogP contribution in [0.3, 0.4) is 0 Å². The molecule has 64 valence electrons. The monoisotopic (exact) mass is 169 g/mol. The molecule has 0 unspecified atom stereocenters. The van der Waals surface area contributed by atoms with E-state index in [1.807, 2.05) is 0 Å². The molecule has 5 nitrogen and oxygen atoms in total. The van der Waals surface area contributed by atoms with Crippen LogP contribution in [0.1, 0.15) is 5.56 Å². The van der Waals surface area contributed by atoms with Gasteiger partial charge >= 0.3 is 0 Å². The van der Waals surface area contributed by atoms with Crippen molar-refractivity contribution in [3.63, 3.8) is 0 Å². The predicted molar refractivity (Wildman–Crippen MR) is 40.8 cm³/mol. The minimum absolute atomic E-state index is 0.118. The van der Waals surface area contributed by atoms with E-state index >= 15 is 0 Å². The van der Waals surface area contributed by atoms with E-state index in [1.165, 1.54) is 12.1 Å². The summed E-state index contributed by atoms with van der Waals surface area (Å²) in [4.78, 5) is 0. The summed E-state index contributed by atoms with van der Waals surface area (Å²) in [5.41, 5.74) is 0.118. The maximum absolute atomic E-state index is 9.10. The van der Waals surface area contributed by atoms with Crippen molar-refractivity contribution in [2.45, 2.75) is 0 Å². The molecule has 0 spiro atoms. The summed E-state index contributed by atoms with van der Waals surface area (Å²) >= 11 is 0. The lowest BCUT2D eigenvalue weighted by Gasteiger charge is -2.01. The summed E-state index contributed by atoms with van der Waals surface area (Å²) in [7, 11) is 0. The van der Waals surface area contributed by atoms with E-state index in [0.29, 0.717) is 0 Å². The van der Waals surface area contributed by atoms with Crippen LogP contribution in [0.25, 0.3) is 0 Å². The van der Waals surface area contributed by atoms with Gasteiger partial charge in [0.05, 0.1) is 6.21 Å². The first-order chi connectivity index (χ1) is 5.66. The van der Waals surface area contributed by atoms with Crippen molar-refractivity contribution in [2.75, 3.05) is 0 Å². The molecule has 0 atom stereocenters. The standard InChI is InChI=1S/C7H7NO4/c9-5-2-1-4(3-8-12)6(10)7(5)11/h1-3,9-12H/b8-3-. The van der Waals surface area contributed by atoms with Gasteiger partial charge in [-0.1, -0.05) is 5.16 Å². The van der Waals surface area contributed by atoms with Crippen molar-refractivity contribution in [3.05, 3.63) is 17.7 Å².